The minimum atomic E-state index is -1.25. The quantitative estimate of drug-likeness (QED) is 0.233. The Morgan fingerprint density at radius 3 is 2.77 bits per heavy atom. The van der Waals surface area contributed by atoms with Crippen LogP contribution in [0.3, 0.4) is 0 Å². The van der Waals surface area contributed by atoms with Crippen LogP contribution in [0.5, 0.6) is 0 Å². The molecule has 2 aromatic rings. The predicted octanol–water partition coefficient (Wildman–Crippen LogP) is 1.17. The van der Waals surface area contributed by atoms with E-state index in [-0.39, 0.29) is 11.8 Å². The molecule has 1 aliphatic carbocycles. The lowest BCUT2D eigenvalue weighted by molar-refractivity contribution is -0.0511. The van der Waals surface area contributed by atoms with Gasteiger partial charge in [-0.15, -0.1) is 0 Å². The fourth-order valence-electron chi connectivity index (χ4n) is 4.43. The van der Waals surface area contributed by atoms with Gasteiger partial charge in [-0.3, -0.25) is 4.57 Å². The second-order valence-corrected chi connectivity index (χ2v) is 8.34. The average molecular weight is 434 g/mol. The van der Waals surface area contributed by atoms with E-state index in [0.717, 1.165) is 18.8 Å². The maximum atomic E-state index is 10.3. The van der Waals surface area contributed by atoms with Crippen molar-refractivity contribution >= 4 is 29.1 Å². The van der Waals surface area contributed by atoms with E-state index in [9.17, 15) is 15.3 Å². The van der Waals surface area contributed by atoms with Crippen molar-refractivity contribution in [3.63, 3.8) is 0 Å². The summed E-state index contributed by atoms with van der Waals surface area (Å²) in [7, 11) is 0. The molecule has 4 rings (SSSR count). The molecule has 11 nitrogen and oxygen atoms in total. The molecule has 0 radical (unpaired) electrons. The molecule has 4 unspecified atom stereocenters. The predicted molar refractivity (Wildman–Crippen MR) is 115 cm³/mol. The number of aliphatic hydroxyl groups is 3. The van der Waals surface area contributed by atoms with Crippen molar-refractivity contribution in [1.29, 1.82) is 0 Å². The minimum Gasteiger partial charge on any atom is -0.394 e. The van der Waals surface area contributed by atoms with E-state index in [2.05, 4.69) is 25.5 Å². The average Bonchev–Trinajstić information content (AvgIpc) is 3.32. The number of aliphatic hydroxyl groups excluding tert-OH is 3. The van der Waals surface area contributed by atoms with E-state index in [1.807, 2.05) is 6.21 Å². The molecule has 0 spiro atoms. The van der Waals surface area contributed by atoms with Crippen molar-refractivity contribution in [2.24, 2.45) is 11.0 Å². The Morgan fingerprint density at radius 2 is 2.03 bits per heavy atom. The van der Waals surface area contributed by atoms with Crippen molar-refractivity contribution < 1.29 is 20.1 Å². The number of fused-ring (bicyclic) bond motifs is 1. The van der Waals surface area contributed by atoms with Crippen LogP contribution in [0, 0.1) is 5.92 Å². The summed E-state index contributed by atoms with van der Waals surface area (Å²) >= 11 is 0. The Hall–Kier alpha value is -2.34. The van der Waals surface area contributed by atoms with Crippen LogP contribution in [-0.4, -0.2) is 66.0 Å². The molecule has 1 saturated carbocycles. The summed E-state index contributed by atoms with van der Waals surface area (Å²) in [5.74, 6) is 1.21. The SMILES string of the molecule is Nc1nc(N/N=C/CCCC2CCCCC2)nc2c1ncn2C1OC(CO)C(O)C1O. The van der Waals surface area contributed by atoms with Gasteiger partial charge in [0.15, 0.2) is 17.7 Å². The van der Waals surface area contributed by atoms with Gasteiger partial charge < -0.3 is 25.8 Å². The summed E-state index contributed by atoms with van der Waals surface area (Å²) in [5, 5.41) is 33.8. The van der Waals surface area contributed by atoms with Crippen LogP contribution in [0.25, 0.3) is 11.2 Å². The number of nitrogen functional groups attached to an aromatic ring is 1. The molecular formula is C20H31N7O4. The number of unbranched alkanes of at least 4 members (excludes halogenated alkanes) is 1. The van der Waals surface area contributed by atoms with Crippen LogP contribution in [0.4, 0.5) is 11.8 Å². The van der Waals surface area contributed by atoms with Crippen molar-refractivity contribution in [3.8, 4) is 0 Å². The lowest BCUT2D eigenvalue weighted by atomic mass is 9.86. The van der Waals surface area contributed by atoms with Crippen LogP contribution in [-0.2, 0) is 4.74 Å². The number of imidazole rings is 1. The third-order valence-corrected chi connectivity index (χ3v) is 6.17. The molecule has 170 valence electrons. The fraction of sp³-hybridized carbons (Fsp3) is 0.700. The van der Waals surface area contributed by atoms with Crippen molar-refractivity contribution in [3.05, 3.63) is 6.33 Å². The molecule has 3 heterocycles. The number of nitrogens with zero attached hydrogens (tertiary/aromatic N) is 5. The van der Waals surface area contributed by atoms with Gasteiger partial charge in [-0.05, 0) is 18.8 Å². The van der Waals surface area contributed by atoms with E-state index >= 15 is 0 Å². The van der Waals surface area contributed by atoms with E-state index < -0.39 is 31.1 Å². The number of hydrogen-bond donors (Lipinski definition) is 5. The van der Waals surface area contributed by atoms with Crippen LogP contribution in [0.15, 0.2) is 11.4 Å². The Kier molecular flexibility index (Phi) is 6.96. The van der Waals surface area contributed by atoms with Crippen LogP contribution < -0.4 is 11.2 Å². The molecule has 1 aliphatic heterocycles. The third-order valence-electron chi connectivity index (χ3n) is 6.17. The number of ether oxygens (including phenoxy) is 1. The number of nitrogens with one attached hydrogen (secondary N) is 1. The standard InChI is InChI=1S/C20H31N7O4/c21-17-14-18(27(11-22-14)19-16(30)15(29)13(10-28)31-19)25-20(24-17)26-23-9-5-4-8-12-6-2-1-3-7-12/h9,11-13,15-16,19,28-30H,1-8,10H2,(H3,21,24,25,26)/b23-9+. The number of hydrogen-bond acceptors (Lipinski definition) is 10. The zero-order valence-electron chi connectivity index (χ0n) is 17.5. The molecule has 4 atom stereocenters. The van der Waals surface area contributed by atoms with Crippen molar-refractivity contribution in [1.82, 2.24) is 19.5 Å². The number of anilines is 2. The Labute approximate surface area is 180 Å². The molecule has 1 saturated heterocycles. The summed E-state index contributed by atoms with van der Waals surface area (Å²) in [6.45, 7) is -0.416. The second-order valence-electron chi connectivity index (χ2n) is 8.34. The van der Waals surface area contributed by atoms with Gasteiger partial charge in [0.05, 0.1) is 12.9 Å². The first-order valence-corrected chi connectivity index (χ1v) is 11.0. The lowest BCUT2D eigenvalue weighted by Gasteiger charge is -2.20. The molecular weight excluding hydrogens is 402 g/mol. The van der Waals surface area contributed by atoms with Gasteiger partial charge in [0.1, 0.15) is 23.8 Å². The maximum absolute atomic E-state index is 10.3. The minimum absolute atomic E-state index is 0.158. The molecule has 0 aromatic carbocycles. The molecule has 0 amide bonds. The highest BCUT2D eigenvalue weighted by atomic mass is 16.6. The summed E-state index contributed by atoms with van der Waals surface area (Å²) in [6, 6.07) is 0. The highest BCUT2D eigenvalue weighted by Gasteiger charge is 2.44. The zero-order chi connectivity index (χ0) is 21.8. The van der Waals surface area contributed by atoms with E-state index in [0.29, 0.717) is 11.2 Å². The molecule has 2 fully saturated rings. The smallest absolute Gasteiger partial charge is 0.247 e. The first kappa shape index (κ1) is 21.9. The molecule has 11 heteroatoms. The van der Waals surface area contributed by atoms with Gasteiger partial charge in [0.25, 0.3) is 0 Å². The zero-order valence-corrected chi connectivity index (χ0v) is 17.5. The summed E-state index contributed by atoms with van der Waals surface area (Å²) in [5.41, 5.74) is 9.48. The summed E-state index contributed by atoms with van der Waals surface area (Å²) in [6.07, 6.45) is 8.94. The maximum Gasteiger partial charge on any atom is 0.247 e. The normalized spacial score (nSPS) is 27.5. The van der Waals surface area contributed by atoms with E-state index in [1.54, 1.807) is 0 Å². The molecule has 2 aromatic heterocycles. The monoisotopic (exact) mass is 433 g/mol. The van der Waals surface area contributed by atoms with E-state index in [1.165, 1.54) is 49.4 Å². The van der Waals surface area contributed by atoms with Gasteiger partial charge in [-0.2, -0.15) is 15.1 Å². The van der Waals surface area contributed by atoms with Crippen LogP contribution in [0.1, 0.15) is 57.6 Å². The van der Waals surface area contributed by atoms with Crippen LogP contribution in [0.2, 0.25) is 0 Å². The van der Waals surface area contributed by atoms with Gasteiger partial charge in [0.2, 0.25) is 5.95 Å². The third kappa shape index (κ3) is 4.79. The first-order chi connectivity index (χ1) is 15.1. The van der Waals surface area contributed by atoms with Crippen molar-refractivity contribution in [2.45, 2.75) is 75.9 Å². The lowest BCUT2D eigenvalue weighted by Crippen LogP contribution is -2.33. The topological polar surface area (TPSA) is 164 Å². The molecule has 2 aliphatic rings. The largest absolute Gasteiger partial charge is 0.394 e. The molecule has 31 heavy (non-hydrogen) atoms. The second kappa shape index (κ2) is 9.86. The van der Waals surface area contributed by atoms with Crippen LogP contribution >= 0.6 is 0 Å². The number of rotatable bonds is 8. The highest BCUT2D eigenvalue weighted by Crippen LogP contribution is 2.32. The van der Waals surface area contributed by atoms with E-state index in [4.69, 9.17) is 10.5 Å². The number of aromatic nitrogens is 4. The Morgan fingerprint density at radius 1 is 1.23 bits per heavy atom. The van der Waals surface area contributed by atoms with Gasteiger partial charge >= 0.3 is 0 Å². The first-order valence-electron chi connectivity index (χ1n) is 11.0. The van der Waals surface area contributed by atoms with Gasteiger partial charge in [-0.1, -0.05) is 38.5 Å². The summed E-state index contributed by atoms with van der Waals surface area (Å²) in [4.78, 5) is 12.8. The number of nitrogens with two attached hydrogens (primary N) is 1. The highest BCUT2D eigenvalue weighted by molar-refractivity contribution is 5.83. The van der Waals surface area contributed by atoms with Crippen molar-refractivity contribution in [2.75, 3.05) is 17.8 Å². The summed E-state index contributed by atoms with van der Waals surface area (Å²) < 4.78 is 7.03. The van der Waals surface area contributed by atoms with Gasteiger partial charge in [-0.25, -0.2) is 10.4 Å². The Balaban J connectivity index is 1.39. The molecule has 6 N–H and O–H groups in total. The Bertz CT molecular complexity index is 899. The number of hydrazone groups is 1. The molecule has 0 bridgehead atoms. The van der Waals surface area contributed by atoms with Gasteiger partial charge in [0, 0.05) is 6.21 Å². The fourth-order valence-corrected chi connectivity index (χ4v) is 4.43.